The molecule has 0 bridgehead atoms. The lowest BCUT2D eigenvalue weighted by Crippen LogP contribution is -2.57. The van der Waals surface area contributed by atoms with E-state index in [1.807, 2.05) is 26.0 Å². The molecule has 218 valence electrons. The van der Waals surface area contributed by atoms with Crippen LogP contribution in [0.5, 0.6) is 11.5 Å². The zero-order valence-corrected chi connectivity index (χ0v) is 24.0. The summed E-state index contributed by atoms with van der Waals surface area (Å²) in [7, 11) is 1.24. The van der Waals surface area contributed by atoms with Crippen LogP contribution in [0.2, 0.25) is 0 Å². The molecule has 2 aromatic rings. The summed E-state index contributed by atoms with van der Waals surface area (Å²) in [5.41, 5.74) is 2.16. The number of ether oxygens (including phenoxy) is 2. The molecule has 0 aliphatic rings. The second kappa shape index (κ2) is 16.5. The average Bonchev–Trinajstić information content (AvgIpc) is 2.93. The molecule has 0 aromatic heterocycles. The molecule has 2 rings (SSSR count). The summed E-state index contributed by atoms with van der Waals surface area (Å²) in [6.45, 7) is 5.69. The minimum atomic E-state index is -1.78. The second-order valence-electron chi connectivity index (χ2n) is 10.2. The van der Waals surface area contributed by atoms with E-state index in [1.54, 1.807) is 30.3 Å². The highest BCUT2D eigenvalue weighted by molar-refractivity contribution is 6.43. The third kappa shape index (κ3) is 10.5. The maximum Gasteiger partial charge on any atom is 0.475 e. The number of carbonyl (C=O) groups is 3. The predicted octanol–water partition coefficient (Wildman–Crippen LogP) is 2.05. The van der Waals surface area contributed by atoms with Crippen LogP contribution in [-0.4, -0.2) is 67.6 Å². The van der Waals surface area contributed by atoms with Gasteiger partial charge in [0.15, 0.2) is 11.5 Å². The number of nitrogens with one attached hydrogen (secondary N) is 3. The van der Waals surface area contributed by atoms with Gasteiger partial charge in [-0.15, -0.1) is 0 Å². The molecule has 0 heterocycles. The van der Waals surface area contributed by atoms with E-state index in [9.17, 15) is 24.4 Å². The van der Waals surface area contributed by atoms with Gasteiger partial charge in [0.25, 0.3) is 5.91 Å². The fraction of sp³-hybridized carbons (Fsp3) is 0.483. The van der Waals surface area contributed by atoms with Crippen LogP contribution >= 0.6 is 0 Å². The van der Waals surface area contributed by atoms with E-state index in [0.29, 0.717) is 29.0 Å². The molecule has 3 amide bonds. The average molecular weight is 555 g/mol. The fourth-order valence-electron chi connectivity index (χ4n) is 4.16. The highest BCUT2D eigenvalue weighted by atomic mass is 16.5. The zero-order valence-electron chi connectivity index (χ0n) is 24.0. The van der Waals surface area contributed by atoms with Gasteiger partial charge in [-0.1, -0.05) is 45.4 Å². The first kappa shape index (κ1) is 32.6. The van der Waals surface area contributed by atoms with Crippen LogP contribution in [-0.2, 0) is 22.4 Å². The summed E-state index contributed by atoms with van der Waals surface area (Å²) in [5, 5.41) is 27.5. The predicted molar refractivity (Wildman–Crippen MR) is 154 cm³/mol. The molecule has 10 nitrogen and oxygen atoms in total. The molecular weight excluding hydrogens is 513 g/mol. The topological polar surface area (TPSA) is 146 Å². The quantitative estimate of drug-likeness (QED) is 0.199. The van der Waals surface area contributed by atoms with E-state index in [4.69, 9.17) is 9.47 Å². The van der Waals surface area contributed by atoms with Crippen LogP contribution in [0, 0.1) is 5.92 Å². The van der Waals surface area contributed by atoms with Crippen molar-refractivity contribution < 1.29 is 33.9 Å². The number of aryl methyl sites for hydroxylation is 1. The number of rotatable bonds is 16. The van der Waals surface area contributed by atoms with Crippen molar-refractivity contribution in [1.82, 2.24) is 16.0 Å². The van der Waals surface area contributed by atoms with Crippen molar-refractivity contribution in [1.29, 1.82) is 0 Å². The molecule has 5 N–H and O–H groups in total. The molecular formula is C29H42BN3O7. The summed E-state index contributed by atoms with van der Waals surface area (Å²) >= 11 is 0. The Hall–Kier alpha value is -3.57. The van der Waals surface area contributed by atoms with Gasteiger partial charge in [0.05, 0.1) is 26.6 Å². The molecule has 0 saturated heterocycles. The normalized spacial score (nSPS) is 12.3. The van der Waals surface area contributed by atoms with E-state index >= 15 is 0 Å². The summed E-state index contributed by atoms with van der Waals surface area (Å²) in [5.74, 6) is -1.34. The molecule has 40 heavy (non-hydrogen) atoms. The second-order valence-corrected chi connectivity index (χ2v) is 10.2. The smallest absolute Gasteiger partial charge is 0.475 e. The van der Waals surface area contributed by atoms with E-state index in [0.717, 1.165) is 24.8 Å². The third-order valence-corrected chi connectivity index (χ3v) is 6.39. The van der Waals surface area contributed by atoms with E-state index in [1.165, 1.54) is 14.2 Å². The van der Waals surface area contributed by atoms with Crippen molar-refractivity contribution in [3.05, 3.63) is 59.2 Å². The van der Waals surface area contributed by atoms with Crippen molar-refractivity contribution in [3.63, 3.8) is 0 Å². The summed E-state index contributed by atoms with van der Waals surface area (Å²) in [6.07, 6.45) is 3.35. The minimum Gasteiger partial charge on any atom is -0.493 e. The molecule has 2 atom stereocenters. The Balaban J connectivity index is 2.14. The van der Waals surface area contributed by atoms with Crippen molar-refractivity contribution in [2.75, 3.05) is 20.8 Å². The Morgan fingerprint density at radius 3 is 2.15 bits per heavy atom. The van der Waals surface area contributed by atoms with E-state index in [2.05, 4.69) is 22.9 Å². The highest BCUT2D eigenvalue weighted by Crippen LogP contribution is 2.27. The SMILES string of the molecule is CCCCc1ccc(C(=O)N[C@@H](CNC(=O)Cc2ccc(OC)c(OC)c2)C(=O)N[C@@H](CC(C)C)B(O)O)cc1. The summed E-state index contributed by atoms with van der Waals surface area (Å²) in [6, 6.07) is 11.1. The van der Waals surface area contributed by atoms with Gasteiger partial charge in [-0.25, -0.2) is 0 Å². The largest absolute Gasteiger partial charge is 0.493 e. The first-order valence-corrected chi connectivity index (χ1v) is 13.6. The first-order valence-electron chi connectivity index (χ1n) is 13.6. The number of amides is 3. The first-order chi connectivity index (χ1) is 19.1. The molecule has 0 spiro atoms. The Bertz CT molecular complexity index is 1110. The van der Waals surface area contributed by atoms with Crippen LogP contribution in [0.15, 0.2) is 42.5 Å². The van der Waals surface area contributed by atoms with E-state index in [-0.39, 0.29) is 24.8 Å². The molecule has 0 radical (unpaired) electrons. The van der Waals surface area contributed by atoms with Crippen LogP contribution in [0.3, 0.4) is 0 Å². The monoisotopic (exact) mass is 555 g/mol. The molecule has 0 aliphatic carbocycles. The van der Waals surface area contributed by atoms with Crippen molar-refractivity contribution >= 4 is 24.8 Å². The van der Waals surface area contributed by atoms with Gasteiger partial charge in [-0.2, -0.15) is 0 Å². The van der Waals surface area contributed by atoms with Gasteiger partial charge in [0.1, 0.15) is 6.04 Å². The van der Waals surface area contributed by atoms with Crippen molar-refractivity contribution in [3.8, 4) is 11.5 Å². The van der Waals surface area contributed by atoms with Crippen molar-refractivity contribution in [2.24, 2.45) is 5.92 Å². The van der Waals surface area contributed by atoms with Gasteiger partial charge in [0.2, 0.25) is 11.8 Å². The van der Waals surface area contributed by atoms with Crippen LogP contribution < -0.4 is 25.4 Å². The molecule has 0 aliphatic heterocycles. The molecule has 11 heteroatoms. The Morgan fingerprint density at radius 1 is 0.925 bits per heavy atom. The number of unbranched alkanes of at least 4 members (excludes halogenated alkanes) is 1. The molecule has 2 aromatic carbocycles. The van der Waals surface area contributed by atoms with Crippen LogP contribution in [0.4, 0.5) is 0 Å². The lowest BCUT2D eigenvalue weighted by molar-refractivity contribution is -0.124. The standard InChI is InChI=1S/C29H42BN3O7/c1-6-7-8-20-9-12-22(13-10-20)28(35)32-23(29(36)33-26(30(37)38)15-19(2)3)18-31-27(34)17-21-11-14-24(39-4)25(16-21)40-5/h9-14,16,19,23,26,37-38H,6-8,15,17-18H2,1-5H3,(H,31,34)(H,32,35)(H,33,36)/t23-,26-/m0/s1. The molecule has 0 fully saturated rings. The highest BCUT2D eigenvalue weighted by Gasteiger charge is 2.30. The van der Waals surface area contributed by atoms with Crippen molar-refractivity contribution in [2.45, 2.75) is 64.9 Å². The van der Waals surface area contributed by atoms with Gasteiger partial charge in [-0.05, 0) is 60.6 Å². The van der Waals surface area contributed by atoms with E-state index < -0.39 is 30.9 Å². The number of benzene rings is 2. The van der Waals surface area contributed by atoms with Crippen LogP contribution in [0.1, 0.15) is 61.5 Å². The number of carbonyl (C=O) groups excluding carboxylic acids is 3. The van der Waals surface area contributed by atoms with Gasteiger partial charge in [0, 0.05) is 12.1 Å². The van der Waals surface area contributed by atoms with Crippen LogP contribution in [0.25, 0.3) is 0 Å². The van der Waals surface area contributed by atoms with Gasteiger partial charge >= 0.3 is 7.12 Å². The molecule has 0 unspecified atom stereocenters. The number of hydrogen-bond acceptors (Lipinski definition) is 7. The Kier molecular flexibility index (Phi) is 13.5. The third-order valence-electron chi connectivity index (χ3n) is 6.39. The summed E-state index contributed by atoms with van der Waals surface area (Å²) < 4.78 is 10.5. The number of hydrogen-bond donors (Lipinski definition) is 5. The maximum absolute atomic E-state index is 13.2. The Morgan fingerprint density at radius 2 is 1.57 bits per heavy atom. The lowest BCUT2D eigenvalue weighted by atomic mass is 9.75. The minimum absolute atomic E-state index is 0.00713. The lowest BCUT2D eigenvalue weighted by Gasteiger charge is -2.24. The fourth-order valence-corrected chi connectivity index (χ4v) is 4.16. The number of methoxy groups -OCH3 is 2. The molecule has 0 saturated carbocycles. The Labute approximate surface area is 237 Å². The maximum atomic E-state index is 13.2. The van der Waals surface area contributed by atoms with Gasteiger partial charge < -0.3 is 35.5 Å². The summed E-state index contributed by atoms with van der Waals surface area (Å²) in [4.78, 5) is 38.9. The van der Waals surface area contributed by atoms with Gasteiger partial charge in [-0.3, -0.25) is 14.4 Å². The zero-order chi connectivity index (χ0) is 29.7.